The van der Waals surface area contributed by atoms with Gasteiger partial charge < -0.3 is 10.6 Å². The molecule has 0 saturated carbocycles. The number of primary amides is 1. The van der Waals surface area contributed by atoms with Crippen molar-refractivity contribution in [3.8, 4) is 0 Å². The Hall–Kier alpha value is -1.80. The molecule has 0 spiro atoms. The van der Waals surface area contributed by atoms with Crippen molar-refractivity contribution in [2.24, 2.45) is 11.7 Å². The van der Waals surface area contributed by atoms with Crippen LogP contribution in [-0.4, -0.2) is 44.5 Å². The van der Waals surface area contributed by atoms with E-state index in [0.29, 0.717) is 31.5 Å². The molecule has 1 saturated heterocycles. The number of hydrogen-bond acceptors (Lipinski definition) is 4. The number of nitrogens with two attached hydrogens (primary N) is 1. The highest BCUT2D eigenvalue weighted by Crippen LogP contribution is 2.25. The predicted molar refractivity (Wildman–Crippen MR) is 87.7 cm³/mol. The summed E-state index contributed by atoms with van der Waals surface area (Å²) in [6.07, 6.45) is 2.11. The van der Waals surface area contributed by atoms with Gasteiger partial charge in [0.05, 0.1) is 17.0 Å². The second kappa shape index (κ2) is 6.76. The number of piperidine rings is 1. The molecule has 2 amide bonds. The number of rotatable bonds is 4. The number of anilines is 1. The Labute approximate surface area is 139 Å². The lowest BCUT2D eigenvalue weighted by Crippen LogP contribution is -2.41. The smallest absolute Gasteiger partial charge is 0.253 e. The maximum atomic E-state index is 12.4. The van der Waals surface area contributed by atoms with E-state index < -0.39 is 10.0 Å². The summed E-state index contributed by atoms with van der Waals surface area (Å²) in [5, 5.41) is 0.147. The van der Waals surface area contributed by atoms with Gasteiger partial charge in [0.2, 0.25) is 15.9 Å². The first-order valence-electron chi connectivity index (χ1n) is 7.03. The van der Waals surface area contributed by atoms with Crippen LogP contribution in [0.3, 0.4) is 0 Å². The molecule has 1 heterocycles. The molecule has 1 aliphatic rings. The molecule has 1 aliphatic heterocycles. The van der Waals surface area contributed by atoms with Crippen molar-refractivity contribution in [2.45, 2.75) is 12.8 Å². The lowest BCUT2D eigenvalue weighted by Gasteiger charge is -2.30. The maximum absolute atomic E-state index is 12.4. The van der Waals surface area contributed by atoms with Crippen LogP contribution >= 0.6 is 11.6 Å². The van der Waals surface area contributed by atoms with Crippen LogP contribution in [0, 0.1) is 5.92 Å². The minimum absolute atomic E-state index is 0.147. The van der Waals surface area contributed by atoms with Gasteiger partial charge >= 0.3 is 0 Å². The Morgan fingerprint density at radius 2 is 1.91 bits per heavy atom. The lowest BCUT2D eigenvalue weighted by atomic mass is 9.96. The highest BCUT2D eigenvalue weighted by atomic mass is 35.5. The lowest BCUT2D eigenvalue weighted by molar-refractivity contribution is -0.123. The zero-order valence-electron chi connectivity index (χ0n) is 12.6. The molecule has 126 valence electrons. The Kier molecular flexibility index (Phi) is 5.16. The second-order valence-electron chi connectivity index (χ2n) is 5.54. The highest BCUT2D eigenvalue weighted by molar-refractivity contribution is 7.92. The van der Waals surface area contributed by atoms with E-state index in [1.54, 1.807) is 4.90 Å². The first kappa shape index (κ1) is 17.6. The van der Waals surface area contributed by atoms with E-state index >= 15 is 0 Å². The summed E-state index contributed by atoms with van der Waals surface area (Å²) in [7, 11) is -3.44. The molecule has 1 fully saturated rings. The van der Waals surface area contributed by atoms with Crippen LogP contribution < -0.4 is 10.5 Å². The third-order valence-corrected chi connectivity index (χ3v) is 4.60. The third-order valence-electron chi connectivity index (χ3n) is 3.70. The van der Waals surface area contributed by atoms with E-state index in [9.17, 15) is 18.0 Å². The number of amides is 2. The van der Waals surface area contributed by atoms with E-state index in [1.165, 1.54) is 18.2 Å². The van der Waals surface area contributed by atoms with Gasteiger partial charge in [-0.25, -0.2) is 8.42 Å². The van der Waals surface area contributed by atoms with Crippen molar-refractivity contribution in [1.29, 1.82) is 0 Å². The number of halogens is 1. The molecule has 9 heteroatoms. The van der Waals surface area contributed by atoms with E-state index in [1.807, 2.05) is 0 Å². The fraction of sp³-hybridized carbons (Fsp3) is 0.429. The average Bonchev–Trinajstić information content (AvgIpc) is 2.47. The van der Waals surface area contributed by atoms with Gasteiger partial charge in [-0.05, 0) is 31.0 Å². The Morgan fingerprint density at radius 3 is 2.39 bits per heavy atom. The standard InChI is InChI=1S/C14H18ClN3O4S/c1-23(21,22)17-12-3-2-10(8-11(12)15)14(20)18-6-4-9(5-7-18)13(16)19/h2-3,8-9,17H,4-7H2,1H3,(H2,16,19). The summed E-state index contributed by atoms with van der Waals surface area (Å²) < 4.78 is 24.7. The fourth-order valence-electron chi connectivity index (χ4n) is 2.48. The largest absolute Gasteiger partial charge is 0.369 e. The summed E-state index contributed by atoms with van der Waals surface area (Å²) in [6.45, 7) is 0.904. The maximum Gasteiger partial charge on any atom is 0.253 e. The summed E-state index contributed by atoms with van der Waals surface area (Å²) in [5.74, 6) is -0.735. The van der Waals surface area contributed by atoms with Crippen molar-refractivity contribution < 1.29 is 18.0 Å². The second-order valence-corrected chi connectivity index (χ2v) is 7.69. The number of likely N-dealkylation sites (tertiary alicyclic amines) is 1. The Morgan fingerprint density at radius 1 is 1.30 bits per heavy atom. The predicted octanol–water partition coefficient (Wildman–Crippen LogP) is 1.05. The van der Waals surface area contributed by atoms with Gasteiger partial charge in [0.25, 0.3) is 5.91 Å². The average molecular weight is 360 g/mol. The van der Waals surface area contributed by atoms with E-state index in [-0.39, 0.29) is 28.4 Å². The van der Waals surface area contributed by atoms with Gasteiger partial charge in [0.1, 0.15) is 0 Å². The molecule has 0 atom stereocenters. The number of hydrogen-bond donors (Lipinski definition) is 2. The van der Waals surface area contributed by atoms with Crippen LogP contribution in [0.5, 0.6) is 0 Å². The monoisotopic (exact) mass is 359 g/mol. The molecule has 1 aromatic rings. The Balaban J connectivity index is 2.09. The first-order valence-corrected chi connectivity index (χ1v) is 9.30. The summed E-state index contributed by atoms with van der Waals surface area (Å²) >= 11 is 6.02. The van der Waals surface area contributed by atoms with Crippen molar-refractivity contribution in [1.82, 2.24) is 4.90 Å². The van der Waals surface area contributed by atoms with Crippen molar-refractivity contribution in [2.75, 3.05) is 24.1 Å². The molecule has 2 rings (SSSR count). The van der Waals surface area contributed by atoms with Crippen LogP contribution in [0.4, 0.5) is 5.69 Å². The summed E-state index contributed by atoms with van der Waals surface area (Å²) in [6, 6.07) is 4.40. The number of sulfonamides is 1. The van der Waals surface area contributed by atoms with Crippen molar-refractivity contribution >= 4 is 39.1 Å². The molecule has 3 N–H and O–H groups in total. The van der Waals surface area contributed by atoms with E-state index in [4.69, 9.17) is 17.3 Å². The molecule has 7 nitrogen and oxygen atoms in total. The number of carbonyl (C=O) groups is 2. The molecule has 0 unspecified atom stereocenters. The Bertz CT molecular complexity index is 728. The number of benzene rings is 1. The van der Waals surface area contributed by atoms with Crippen LogP contribution in [0.2, 0.25) is 5.02 Å². The molecule has 0 aliphatic carbocycles. The topological polar surface area (TPSA) is 110 Å². The zero-order valence-corrected chi connectivity index (χ0v) is 14.2. The summed E-state index contributed by atoms with van der Waals surface area (Å²) in [4.78, 5) is 25.2. The SMILES string of the molecule is CS(=O)(=O)Nc1ccc(C(=O)N2CCC(C(N)=O)CC2)cc1Cl. The molecule has 23 heavy (non-hydrogen) atoms. The van der Waals surface area contributed by atoms with Crippen LogP contribution in [0.1, 0.15) is 23.2 Å². The summed E-state index contributed by atoms with van der Waals surface area (Å²) in [5.41, 5.74) is 5.86. The molecule has 0 radical (unpaired) electrons. The zero-order chi connectivity index (χ0) is 17.2. The highest BCUT2D eigenvalue weighted by Gasteiger charge is 2.26. The number of nitrogens with one attached hydrogen (secondary N) is 1. The normalized spacial score (nSPS) is 16.2. The van der Waals surface area contributed by atoms with Gasteiger partial charge in [-0.1, -0.05) is 11.6 Å². The van der Waals surface area contributed by atoms with Gasteiger partial charge in [0.15, 0.2) is 0 Å². The van der Waals surface area contributed by atoms with E-state index in [2.05, 4.69) is 4.72 Å². The minimum atomic E-state index is -3.44. The molecular formula is C14H18ClN3O4S. The molecule has 1 aromatic carbocycles. The van der Waals surface area contributed by atoms with Gasteiger partial charge in [0, 0.05) is 24.6 Å². The molecule has 0 bridgehead atoms. The van der Waals surface area contributed by atoms with Crippen LogP contribution in [0.25, 0.3) is 0 Å². The third kappa shape index (κ3) is 4.59. The van der Waals surface area contributed by atoms with Crippen molar-refractivity contribution in [3.63, 3.8) is 0 Å². The minimum Gasteiger partial charge on any atom is -0.369 e. The van der Waals surface area contributed by atoms with E-state index in [0.717, 1.165) is 6.26 Å². The van der Waals surface area contributed by atoms with Gasteiger partial charge in [-0.2, -0.15) is 0 Å². The number of carbonyl (C=O) groups excluding carboxylic acids is 2. The van der Waals surface area contributed by atoms with Gasteiger partial charge in [-0.15, -0.1) is 0 Å². The molecular weight excluding hydrogens is 342 g/mol. The van der Waals surface area contributed by atoms with Crippen molar-refractivity contribution in [3.05, 3.63) is 28.8 Å². The van der Waals surface area contributed by atoms with Crippen LogP contribution in [0.15, 0.2) is 18.2 Å². The fourth-order valence-corrected chi connectivity index (χ4v) is 3.34. The quantitative estimate of drug-likeness (QED) is 0.837. The number of nitrogens with zero attached hydrogens (tertiary/aromatic N) is 1. The first-order chi connectivity index (χ1) is 10.7. The van der Waals surface area contributed by atoms with Gasteiger partial charge in [-0.3, -0.25) is 14.3 Å². The molecule has 0 aromatic heterocycles. The van der Waals surface area contributed by atoms with Crippen LogP contribution in [-0.2, 0) is 14.8 Å².